The smallest absolute Gasteiger partial charge is 0.130 e. The molecular formula is C26H31NO4. The molecule has 3 aromatic rings. The molecule has 1 aliphatic heterocycles. The third kappa shape index (κ3) is 3.19. The minimum atomic E-state index is 0.0998. The zero-order valence-corrected chi connectivity index (χ0v) is 19.4. The van der Waals surface area contributed by atoms with Crippen LogP contribution in [0.2, 0.25) is 0 Å². The predicted octanol–water partition coefficient (Wildman–Crippen LogP) is 5.48. The molecule has 1 aliphatic rings. The van der Waals surface area contributed by atoms with Crippen molar-refractivity contribution in [3.8, 4) is 34.1 Å². The van der Waals surface area contributed by atoms with Gasteiger partial charge in [-0.1, -0.05) is 12.1 Å². The van der Waals surface area contributed by atoms with Gasteiger partial charge in [0.2, 0.25) is 0 Å². The summed E-state index contributed by atoms with van der Waals surface area (Å²) in [5.41, 5.74) is 5.34. The summed E-state index contributed by atoms with van der Waals surface area (Å²) in [5, 5.41) is 12.9. The minimum Gasteiger partial charge on any atom is -0.507 e. The predicted molar refractivity (Wildman–Crippen MR) is 125 cm³/mol. The first kappa shape index (κ1) is 21.3. The summed E-state index contributed by atoms with van der Waals surface area (Å²) in [4.78, 5) is 2.31. The van der Waals surface area contributed by atoms with E-state index in [4.69, 9.17) is 14.2 Å². The number of ether oxygens (including phenoxy) is 3. The number of methoxy groups -OCH3 is 3. The second-order valence-corrected chi connectivity index (χ2v) is 8.41. The molecule has 5 heteroatoms. The van der Waals surface area contributed by atoms with Gasteiger partial charge in [-0.2, -0.15) is 0 Å². The Hall–Kier alpha value is -2.92. The van der Waals surface area contributed by atoms with E-state index in [0.29, 0.717) is 11.8 Å². The highest BCUT2D eigenvalue weighted by atomic mass is 16.5. The minimum absolute atomic E-state index is 0.0998. The van der Waals surface area contributed by atoms with Gasteiger partial charge in [-0.15, -0.1) is 0 Å². The summed E-state index contributed by atoms with van der Waals surface area (Å²) < 4.78 is 17.2. The summed E-state index contributed by atoms with van der Waals surface area (Å²) in [7, 11) is 7.13. The zero-order chi connectivity index (χ0) is 22.4. The van der Waals surface area contributed by atoms with Crippen LogP contribution >= 0.6 is 0 Å². The standard InChI is InChI=1S/C26H31NO4/c1-14-11-21(30-6)25-17(9-8-10-20(25)29-5)23(14)26-18-12-15(2)27(4)16(3)24(18)19(28)13-22(26)31-7/h8-11,13,15-16,28H,12H2,1-7H3. The molecule has 0 fully saturated rings. The highest BCUT2D eigenvalue weighted by molar-refractivity contribution is 6.06. The lowest BCUT2D eigenvalue weighted by Gasteiger charge is -2.39. The number of hydrogen-bond acceptors (Lipinski definition) is 5. The Kier molecular flexibility index (Phi) is 5.48. The molecule has 4 rings (SSSR count). The summed E-state index contributed by atoms with van der Waals surface area (Å²) in [6.45, 7) is 6.46. The number of phenols is 1. The van der Waals surface area contributed by atoms with Crippen LogP contribution in [0.25, 0.3) is 21.9 Å². The van der Waals surface area contributed by atoms with Crippen LogP contribution < -0.4 is 14.2 Å². The van der Waals surface area contributed by atoms with Crippen molar-refractivity contribution in [1.82, 2.24) is 4.90 Å². The third-order valence-corrected chi connectivity index (χ3v) is 6.83. The summed E-state index contributed by atoms with van der Waals surface area (Å²) in [6.07, 6.45) is 0.827. The SMILES string of the molecule is COc1cc(O)c2c(c1-c1c(C)cc(OC)c3c(OC)cccc13)CC(C)N(C)C2C. The zero-order valence-electron chi connectivity index (χ0n) is 19.4. The van der Waals surface area contributed by atoms with E-state index >= 15 is 0 Å². The highest BCUT2D eigenvalue weighted by Gasteiger charge is 2.33. The van der Waals surface area contributed by atoms with Gasteiger partial charge in [0, 0.05) is 29.3 Å². The maximum atomic E-state index is 10.9. The van der Waals surface area contributed by atoms with Crippen molar-refractivity contribution in [2.45, 2.75) is 39.3 Å². The van der Waals surface area contributed by atoms with E-state index in [9.17, 15) is 5.11 Å². The molecule has 5 nitrogen and oxygen atoms in total. The van der Waals surface area contributed by atoms with Crippen molar-refractivity contribution in [2.24, 2.45) is 0 Å². The molecular weight excluding hydrogens is 390 g/mol. The Morgan fingerprint density at radius 3 is 2.26 bits per heavy atom. The second kappa shape index (κ2) is 7.97. The number of phenolic OH excluding ortho intramolecular Hbond substituents is 1. The van der Waals surface area contributed by atoms with Gasteiger partial charge in [-0.25, -0.2) is 0 Å². The van der Waals surface area contributed by atoms with Crippen molar-refractivity contribution in [3.05, 3.63) is 47.0 Å². The Morgan fingerprint density at radius 2 is 1.61 bits per heavy atom. The molecule has 2 unspecified atom stereocenters. The Balaban J connectivity index is 2.16. The number of likely N-dealkylation sites (N-methyl/N-ethyl adjacent to an activating group) is 1. The first-order valence-corrected chi connectivity index (χ1v) is 10.6. The van der Waals surface area contributed by atoms with Crippen LogP contribution in [-0.4, -0.2) is 44.4 Å². The second-order valence-electron chi connectivity index (χ2n) is 8.41. The lowest BCUT2D eigenvalue weighted by atomic mass is 9.81. The lowest BCUT2D eigenvalue weighted by molar-refractivity contribution is 0.176. The van der Waals surface area contributed by atoms with Crippen LogP contribution in [-0.2, 0) is 6.42 Å². The first-order chi connectivity index (χ1) is 14.8. The van der Waals surface area contributed by atoms with E-state index in [2.05, 4.69) is 44.9 Å². The van der Waals surface area contributed by atoms with Gasteiger partial charge >= 0.3 is 0 Å². The number of hydrogen-bond donors (Lipinski definition) is 1. The molecule has 0 aliphatic carbocycles. The molecule has 0 radical (unpaired) electrons. The van der Waals surface area contributed by atoms with Crippen molar-refractivity contribution in [2.75, 3.05) is 28.4 Å². The molecule has 0 aromatic heterocycles. The van der Waals surface area contributed by atoms with Gasteiger partial charge in [0.25, 0.3) is 0 Å². The quantitative estimate of drug-likeness (QED) is 0.604. The molecule has 0 bridgehead atoms. The first-order valence-electron chi connectivity index (χ1n) is 10.6. The fourth-order valence-corrected chi connectivity index (χ4v) is 5.06. The molecule has 2 atom stereocenters. The monoisotopic (exact) mass is 421 g/mol. The average molecular weight is 422 g/mol. The van der Waals surface area contributed by atoms with E-state index < -0.39 is 0 Å². The largest absolute Gasteiger partial charge is 0.507 e. The van der Waals surface area contributed by atoms with E-state index in [1.54, 1.807) is 27.4 Å². The fraction of sp³-hybridized carbons (Fsp3) is 0.385. The molecule has 0 amide bonds. The third-order valence-electron chi connectivity index (χ3n) is 6.83. The van der Waals surface area contributed by atoms with Crippen LogP contribution in [0.3, 0.4) is 0 Å². The van der Waals surface area contributed by atoms with Gasteiger partial charge in [0.05, 0.1) is 26.7 Å². The maximum Gasteiger partial charge on any atom is 0.130 e. The number of rotatable bonds is 4. The molecule has 1 heterocycles. The van der Waals surface area contributed by atoms with Gasteiger partial charge in [-0.05, 0) is 68.4 Å². The van der Waals surface area contributed by atoms with E-state index in [-0.39, 0.29) is 11.8 Å². The topological polar surface area (TPSA) is 51.2 Å². The lowest BCUT2D eigenvalue weighted by Crippen LogP contribution is -2.38. The summed E-state index contributed by atoms with van der Waals surface area (Å²) >= 11 is 0. The number of nitrogens with zero attached hydrogens (tertiary/aromatic N) is 1. The van der Waals surface area contributed by atoms with Gasteiger partial charge in [-0.3, -0.25) is 4.90 Å². The van der Waals surface area contributed by atoms with Crippen LogP contribution in [0.15, 0.2) is 30.3 Å². The van der Waals surface area contributed by atoms with Gasteiger partial charge in [0.1, 0.15) is 23.0 Å². The molecule has 0 spiro atoms. The Bertz CT molecular complexity index is 1150. The Morgan fingerprint density at radius 1 is 0.935 bits per heavy atom. The van der Waals surface area contributed by atoms with Crippen LogP contribution in [0.1, 0.15) is 36.6 Å². The van der Waals surface area contributed by atoms with E-state index in [1.807, 2.05) is 12.1 Å². The molecule has 3 aromatic carbocycles. The van der Waals surface area contributed by atoms with E-state index in [0.717, 1.165) is 56.5 Å². The van der Waals surface area contributed by atoms with E-state index in [1.165, 1.54) is 0 Å². The van der Waals surface area contributed by atoms with Gasteiger partial charge in [0.15, 0.2) is 0 Å². The van der Waals surface area contributed by atoms with Crippen molar-refractivity contribution < 1.29 is 19.3 Å². The van der Waals surface area contributed by atoms with Gasteiger partial charge < -0.3 is 19.3 Å². The Labute approximate surface area is 184 Å². The summed E-state index contributed by atoms with van der Waals surface area (Å²) in [5.74, 6) is 2.51. The van der Waals surface area contributed by atoms with Crippen LogP contribution in [0, 0.1) is 6.92 Å². The molecule has 31 heavy (non-hydrogen) atoms. The normalized spacial score (nSPS) is 18.7. The maximum absolute atomic E-state index is 10.9. The number of aryl methyl sites for hydroxylation is 1. The number of aromatic hydroxyl groups is 1. The van der Waals surface area contributed by atoms with Crippen LogP contribution in [0.4, 0.5) is 0 Å². The number of fused-ring (bicyclic) bond motifs is 2. The number of benzene rings is 3. The fourth-order valence-electron chi connectivity index (χ4n) is 5.06. The molecule has 0 saturated carbocycles. The average Bonchev–Trinajstić information content (AvgIpc) is 2.76. The van der Waals surface area contributed by atoms with Crippen molar-refractivity contribution in [3.63, 3.8) is 0 Å². The molecule has 1 N–H and O–H groups in total. The molecule has 0 saturated heterocycles. The van der Waals surface area contributed by atoms with Crippen molar-refractivity contribution in [1.29, 1.82) is 0 Å². The molecule has 164 valence electrons. The summed E-state index contributed by atoms with van der Waals surface area (Å²) in [6, 6.07) is 10.3. The highest BCUT2D eigenvalue weighted by Crippen LogP contribution is 2.51. The van der Waals surface area contributed by atoms with Crippen LogP contribution in [0.5, 0.6) is 23.0 Å². The van der Waals surface area contributed by atoms with Crippen molar-refractivity contribution >= 4 is 10.8 Å².